The summed E-state index contributed by atoms with van der Waals surface area (Å²) in [4.78, 5) is 13.4. The number of phenols is 1. The van der Waals surface area contributed by atoms with Crippen molar-refractivity contribution in [1.29, 1.82) is 0 Å². The van der Waals surface area contributed by atoms with Gasteiger partial charge in [-0.3, -0.25) is 4.79 Å². The van der Waals surface area contributed by atoms with Crippen molar-refractivity contribution in [3.05, 3.63) is 52.5 Å². The highest BCUT2D eigenvalue weighted by Crippen LogP contribution is 2.28. The van der Waals surface area contributed by atoms with Crippen LogP contribution in [0.4, 0.5) is 5.69 Å². The normalized spacial score (nSPS) is 13.0. The highest BCUT2D eigenvalue weighted by molar-refractivity contribution is 6.32. The predicted molar refractivity (Wildman–Crippen MR) is 115 cm³/mol. The van der Waals surface area contributed by atoms with Crippen molar-refractivity contribution >= 4 is 23.2 Å². The topological polar surface area (TPSA) is 108 Å². The zero-order valence-electron chi connectivity index (χ0n) is 16.9. The number of nitrogens with two attached hydrogens (primary N) is 1. The number of primary amides is 1. The van der Waals surface area contributed by atoms with Gasteiger partial charge in [-0.25, -0.2) is 0 Å². The number of methoxy groups -OCH3 is 1. The fourth-order valence-electron chi connectivity index (χ4n) is 2.90. The first-order chi connectivity index (χ1) is 13.7. The van der Waals surface area contributed by atoms with Crippen LogP contribution in [0, 0.1) is 0 Å². The number of nitrogens with zero attached hydrogens (tertiary/aromatic N) is 1. The minimum absolute atomic E-state index is 0.00521. The van der Waals surface area contributed by atoms with E-state index in [4.69, 9.17) is 22.1 Å². The van der Waals surface area contributed by atoms with Gasteiger partial charge in [0, 0.05) is 31.9 Å². The summed E-state index contributed by atoms with van der Waals surface area (Å²) in [6, 6.07) is 10.1. The standard InChI is InChI=1S/C21H28ClN3O4/c1-13(8-9-25(2)15-5-7-20(29-3)17(22)11-15)24-12-19(27)14-4-6-18(26)16(10-14)21(23)28/h4-7,10-11,13,19,24,26-27H,8-9,12H2,1-3H3,(H2,23,28). The van der Waals surface area contributed by atoms with Gasteiger partial charge in [-0.15, -0.1) is 0 Å². The van der Waals surface area contributed by atoms with E-state index in [1.165, 1.54) is 12.1 Å². The highest BCUT2D eigenvalue weighted by atomic mass is 35.5. The predicted octanol–water partition coefficient (Wildman–Crippen LogP) is 2.69. The molecule has 0 saturated heterocycles. The quantitative estimate of drug-likeness (QED) is 0.469. The van der Waals surface area contributed by atoms with Crippen molar-refractivity contribution in [1.82, 2.24) is 5.32 Å². The van der Waals surface area contributed by atoms with E-state index in [-0.39, 0.29) is 17.4 Å². The first-order valence-electron chi connectivity index (χ1n) is 9.31. The van der Waals surface area contributed by atoms with Gasteiger partial charge >= 0.3 is 0 Å². The smallest absolute Gasteiger partial charge is 0.252 e. The van der Waals surface area contributed by atoms with E-state index in [2.05, 4.69) is 10.2 Å². The molecule has 0 aliphatic carbocycles. The van der Waals surface area contributed by atoms with E-state index in [1.807, 2.05) is 32.2 Å². The molecule has 7 nitrogen and oxygen atoms in total. The number of amides is 1. The summed E-state index contributed by atoms with van der Waals surface area (Å²) < 4.78 is 5.17. The molecule has 2 aromatic rings. The molecule has 0 aliphatic rings. The molecule has 29 heavy (non-hydrogen) atoms. The number of aliphatic hydroxyl groups is 1. The number of aromatic hydroxyl groups is 1. The molecule has 5 N–H and O–H groups in total. The molecule has 0 fully saturated rings. The van der Waals surface area contributed by atoms with Gasteiger partial charge in [-0.2, -0.15) is 0 Å². The first kappa shape index (κ1) is 22.8. The van der Waals surface area contributed by atoms with Crippen LogP contribution in [0.15, 0.2) is 36.4 Å². The second-order valence-corrected chi connectivity index (χ2v) is 7.40. The number of ether oxygens (including phenoxy) is 1. The summed E-state index contributed by atoms with van der Waals surface area (Å²) in [5.74, 6) is -0.294. The Labute approximate surface area is 176 Å². The molecule has 0 aromatic heterocycles. The third kappa shape index (κ3) is 6.25. The van der Waals surface area contributed by atoms with Crippen LogP contribution >= 0.6 is 11.6 Å². The molecule has 8 heteroatoms. The Hall–Kier alpha value is -2.48. The van der Waals surface area contributed by atoms with E-state index in [1.54, 1.807) is 13.2 Å². The monoisotopic (exact) mass is 421 g/mol. The molecular formula is C21H28ClN3O4. The molecule has 0 bridgehead atoms. The summed E-state index contributed by atoms with van der Waals surface area (Å²) in [5.41, 5.74) is 6.73. The summed E-state index contributed by atoms with van der Waals surface area (Å²) in [6.07, 6.45) is 0.0175. The number of rotatable bonds is 10. The molecule has 0 radical (unpaired) electrons. The Kier molecular flexibility index (Phi) is 8.13. The number of hydrogen-bond acceptors (Lipinski definition) is 6. The third-order valence-electron chi connectivity index (χ3n) is 4.80. The molecule has 0 spiro atoms. The number of anilines is 1. The van der Waals surface area contributed by atoms with Crippen LogP contribution in [0.5, 0.6) is 11.5 Å². The Morgan fingerprint density at radius 2 is 2.03 bits per heavy atom. The van der Waals surface area contributed by atoms with Crippen molar-refractivity contribution in [2.75, 3.05) is 32.1 Å². The number of hydrogen-bond donors (Lipinski definition) is 4. The van der Waals surface area contributed by atoms with Crippen molar-refractivity contribution < 1.29 is 19.7 Å². The van der Waals surface area contributed by atoms with Crippen LogP contribution in [-0.4, -0.2) is 49.4 Å². The lowest BCUT2D eigenvalue weighted by atomic mass is 10.0. The Bertz CT molecular complexity index is 847. The summed E-state index contributed by atoms with van der Waals surface area (Å²) >= 11 is 6.18. The van der Waals surface area contributed by atoms with Gasteiger partial charge in [0.1, 0.15) is 11.5 Å². The van der Waals surface area contributed by atoms with Crippen LogP contribution < -0.4 is 20.7 Å². The van der Waals surface area contributed by atoms with Crippen LogP contribution in [0.1, 0.15) is 35.4 Å². The lowest BCUT2D eigenvalue weighted by molar-refractivity contribution is 0.0997. The maximum absolute atomic E-state index is 11.3. The Morgan fingerprint density at radius 1 is 1.31 bits per heavy atom. The SMILES string of the molecule is COc1ccc(N(C)CCC(C)NCC(O)c2ccc(O)c(C(N)=O)c2)cc1Cl. The van der Waals surface area contributed by atoms with Gasteiger partial charge in [0.25, 0.3) is 5.91 Å². The van der Waals surface area contributed by atoms with Crippen molar-refractivity contribution in [3.63, 3.8) is 0 Å². The van der Waals surface area contributed by atoms with Gasteiger partial charge in [0.15, 0.2) is 0 Å². The van der Waals surface area contributed by atoms with E-state index >= 15 is 0 Å². The lowest BCUT2D eigenvalue weighted by Gasteiger charge is -2.23. The van der Waals surface area contributed by atoms with Crippen LogP contribution in [0.3, 0.4) is 0 Å². The number of benzene rings is 2. The first-order valence-corrected chi connectivity index (χ1v) is 9.69. The van der Waals surface area contributed by atoms with Gasteiger partial charge in [0.05, 0.1) is 23.8 Å². The van der Waals surface area contributed by atoms with Crippen LogP contribution in [0.25, 0.3) is 0 Å². The van der Waals surface area contributed by atoms with Gasteiger partial charge in [-0.05, 0) is 49.2 Å². The zero-order valence-corrected chi connectivity index (χ0v) is 17.6. The molecular weight excluding hydrogens is 394 g/mol. The van der Waals surface area contributed by atoms with Gasteiger partial charge in [-0.1, -0.05) is 17.7 Å². The average molecular weight is 422 g/mol. The number of carbonyl (C=O) groups excluding carboxylic acids is 1. The van der Waals surface area contributed by atoms with Gasteiger partial charge < -0.3 is 30.9 Å². The largest absolute Gasteiger partial charge is 0.507 e. The van der Waals surface area contributed by atoms with Crippen molar-refractivity contribution in [2.45, 2.75) is 25.5 Å². The van der Waals surface area contributed by atoms with Crippen molar-refractivity contribution in [3.8, 4) is 11.5 Å². The molecule has 158 valence electrons. The highest BCUT2D eigenvalue weighted by Gasteiger charge is 2.15. The van der Waals surface area contributed by atoms with E-state index in [0.29, 0.717) is 22.9 Å². The maximum Gasteiger partial charge on any atom is 0.252 e. The second-order valence-electron chi connectivity index (χ2n) is 7.00. The van der Waals surface area contributed by atoms with E-state index < -0.39 is 12.0 Å². The lowest BCUT2D eigenvalue weighted by Crippen LogP contribution is -2.33. The fourth-order valence-corrected chi connectivity index (χ4v) is 3.15. The summed E-state index contributed by atoms with van der Waals surface area (Å²) in [7, 11) is 3.57. The second kappa shape index (κ2) is 10.3. The Balaban J connectivity index is 1.85. The number of aliphatic hydroxyl groups excluding tert-OH is 1. The zero-order chi connectivity index (χ0) is 21.6. The number of carbonyl (C=O) groups is 1. The molecule has 2 unspecified atom stereocenters. The average Bonchev–Trinajstić information content (AvgIpc) is 2.70. The summed E-state index contributed by atoms with van der Waals surface area (Å²) in [5, 5.41) is 23.9. The summed E-state index contributed by atoms with van der Waals surface area (Å²) in [6.45, 7) is 3.13. The maximum atomic E-state index is 11.3. The van der Waals surface area contributed by atoms with Crippen LogP contribution in [-0.2, 0) is 0 Å². The molecule has 2 aromatic carbocycles. The minimum Gasteiger partial charge on any atom is -0.507 e. The molecule has 1 amide bonds. The minimum atomic E-state index is -0.825. The molecule has 0 heterocycles. The number of nitrogens with one attached hydrogen (secondary N) is 1. The van der Waals surface area contributed by atoms with E-state index in [9.17, 15) is 15.0 Å². The number of halogens is 1. The van der Waals surface area contributed by atoms with E-state index in [0.717, 1.165) is 18.7 Å². The molecule has 2 rings (SSSR count). The van der Waals surface area contributed by atoms with Crippen molar-refractivity contribution in [2.24, 2.45) is 5.73 Å². The third-order valence-corrected chi connectivity index (χ3v) is 5.10. The molecule has 0 saturated carbocycles. The molecule has 2 atom stereocenters. The molecule has 0 aliphatic heterocycles. The fraction of sp³-hybridized carbons (Fsp3) is 0.381. The van der Waals surface area contributed by atoms with Crippen LogP contribution in [0.2, 0.25) is 5.02 Å². The van der Waals surface area contributed by atoms with Gasteiger partial charge in [0.2, 0.25) is 0 Å². The Morgan fingerprint density at radius 3 is 2.66 bits per heavy atom.